The predicted octanol–water partition coefficient (Wildman–Crippen LogP) is 2.91. The first-order valence-corrected chi connectivity index (χ1v) is 6.38. The number of rotatable bonds is 4. The van der Waals surface area contributed by atoms with Crippen molar-refractivity contribution in [1.82, 2.24) is 10.2 Å². The number of aryl methyl sites for hydroxylation is 1. The van der Waals surface area contributed by atoms with E-state index in [2.05, 4.69) is 45.8 Å². The minimum Gasteiger partial charge on any atom is -0.408 e. The Kier molecular flexibility index (Phi) is 2.78. The fourth-order valence-electron chi connectivity index (χ4n) is 2.58. The summed E-state index contributed by atoms with van der Waals surface area (Å²) < 4.78 is 5.35. The molecule has 0 aliphatic heterocycles. The Bertz CT molecular complexity index is 517. The highest BCUT2D eigenvalue weighted by molar-refractivity contribution is 5.32. The fourth-order valence-corrected chi connectivity index (χ4v) is 2.58. The molecule has 2 aromatic rings. The Morgan fingerprint density at radius 2 is 2.00 bits per heavy atom. The Morgan fingerprint density at radius 1 is 1.22 bits per heavy atom. The maximum Gasteiger partial charge on any atom is 0.315 e. The third-order valence-electron chi connectivity index (χ3n) is 3.80. The molecular weight excluding hydrogens is 226 g/mol. The molecule has 4 nitrogen and oxygen atoms in total. The van der Waals surface area contributed by atoms with E-state index in [9.17, 15) is 0 Å². The summed E-state index contributed by atoms with van der Waals surface area (Å²) in [5.41, 5.74) is 1.64. The van der Waals surface area contributed by atoms with Gasteiger partial charge in [0, 0.05) is 18.9 Å². The molecule has 0 amide bonds. The molecule has 1 aromatic carbocycles. The highest BCUT2D eigenvalue weighted by Gasteiger charge is 2.38. The number of nitrogens with one attached hydrogen (secondary N) is 1. The van der Waals surface area contributed by atoms with Crippen LogP contribution >= 0.6 is 0 Å². The summed E-state index contributed by atoms with van der Waals surface area (Å²) in [6, 6.07) is 11.2. The molecule has 0 bridgehead atoms. The summed E-state index contributed by atoms with van der Waals surface area (Å²) >= 11 is 0. The number of hydrogen-bond donors (Lipinski definition) is 1. The normalized spacial score (nSPS) is 17.2. The van der Waals surface area contributed by atoms with E-state index in [-0.39, 0.29) is 5.41 Å². The van der Waals surface area contributed by atoms with E-state index in [1.165, 1.54) is 24.8 Å². The van der Waals surface area contributed by atoms with Crippen molar-refractivity contribution in [3.05, 3.63) is 41.8 Å². The van der Waals surface area contributed by atoms with E-state index < -0.39 is 0 Å². The molecule has 1 fully saturated rings. The van der Waals surface area contributed by atoms with E-state index in [0.717, 1.165) is 6.54 Å². The molecule has 0 atom stereocenters. The zero-order valence-electron chi connectivity index (χ0n) is 10.5. The summed E-state index contributed by atoms with van der Waals surface area (Å²) in [5, 5.41) is 11.1. The number of aromatic nitrogens is 2. The summed E-state index contributed by atoms with van der Waals surface area (Å²) in [6.45, 7) is 2.66. The van der Waals surface area contributed by atoms with E-state index in [1.807, 2.05) is 0 Å². The van der Waals surface area contributed by atoms with Crippen molar-refractivity contribution in [2.45, 2.75) is 31.6 Å². The average molecular weight is 243 g/mol. The van der Waals surface area contributed by atoms with Gasteiger partial charge in [-0.1, -0.05) is 41.9 Å². The van der Waals surface area contributed by atoms with Gasteiger partial charge in [-0.3, -0.25) is 0 Å². The van der Waals surface area contributed by atoms with Crippen molar-refractivity contribution in [2.24, 2.45) is 0 Å². The van der Waals surface area contributed by atoms with Crippen molar-refractivity contribution >= 4 is 6.01 Å². The molecule has 0 saturated heterocycles. The van der Waals surface area contributed by atoms with Crippen molar-refractivity contribution < 1.29 is 4.42 Å². The van der Waals surface area contributed by atoms with E-state index >= 15 is 0 Å². The second-order valence-corrected chi connectivity index (χ2v) is 4.98. The molecule has 1 N–H and O–H groups in total. The molecule has 1 aliphatic carbocycles. The van der Waals surface area contributed by atoms with Crippen LogP contribution in [0, 0.1) is 6.92 Å². The van der Waals surface area contributed by atoms with Crippen LogP contribution in [0.5, 0.6) is 0 Å². The van der Waals surface area contributed by atoms with Crippen LogP contribution in [0.4, 0.5) is 6.01 Å². The summed E-state index contributed by atoms with van der Waals surface area (Å²) in [5.74, 6) is 0.597. The lowest BCUT2D eigenvalue weighted by molar-refractivity contribution is 0.258. The molecule has 3 rings (SSSR count). The van der Waals surface area contributed by atoms with Gasteiger partial charge in [0.1, 0.15) is 0 Å². The van der Waals surface area contributed by atoms with Crippen LogP contribution in [0.15, 0.2) is 34.7 Å². The van der Waals surface area contributed by atoms with Gasteiger partial charge in [0.15, 0.2) is 0 Å². The number of anilines is 1. The van der Waals surface area contributed by atoms with Crippen LogP contribution in [0.25, 0.3) is 0 Å². The topological polar surface area (TPSA) is 51.0 Å². The van der Waals surface area contributed by atoms with Crippen molar-refractivity contribution in [3.63, 3.8) is 0 Å². The van der Waals surface area contributed by atoms with Gasteiger partial charge in [-0.05, 0) is 18.4 Å². The number of benzene rings is 1. The lowest BCUT2D eigenvalue weighted by Gasteiger charge is -2.42. The smallest absolute Gasteiger partial charge is 0.315 e. The standard InChI is InChI=1S/C14H17N3O/c1-11-16-17-13(18-11)15-10-14(8-5-9-14)12-6-3-2-4-7-12/h2-4,6-7H,5,8-10H2,1H3,(H,15,17). The zero-order valence-corrected chi connectivity index (χ0v) is 10.5. The average Bonchev–Trinajstić information content (AvgIpc) is 2.75. The molecule has 1 aromatic heterocycles. The summed E-state index contributed by atoms with van der Waals surface area (Å²) in [4.78, 5) is 0. The largest absolute Gasteiger partial charge is 0.408 e. The molecule has 0 radical (unpaired) electrons. The summed E-state index contributed by atoms with van der Waals surface area (Å²) in [6.07, 6.45) is 3.73. The van der Waals surface area contributed by atoms with Gasteiger partial charge in [-0.2, -0.15) is 0 Å². The van der Waals surface area contributed by atoms with Crippen molar-refractivity contribution in [1.29, 1.82) is 0 Å². The number of hydrogen-bond acceptors (Lipinski definition) is 4. The lowest BCUT2D eigenvalue weighted by atomic mass is 9.64. The number of nitrogens with zero attached hydrogens (tertiary/aromatic N) is 2. The third kappa shape index (κ3) is 1.98. The predicted molar refractivity (Wildman–Crippen MR) is 69.5 cm³/mol. The zero-order chi connectivity index (χ0) is 12.4. The monoisotopic (exact) mass is 243 g/mol. The highest BCUT2D eigenvalue weighted by Crippen LogP contribution is 2.43. The van der Waals surface area contributed by atoms with Crippen LogP contribution in [-0.2, 0) is 5.41 Å². The van der Waals surface area contributed by atoms with Gasteiger partial charge in [0.05, 0.1) is 0 Å². The molecule has 1 heterocycles. The minimum absolute atomic E-state index is 0.240. The van der Waals surface area contributed by atoms with Crippen LogP contribution in [0.3, 0.4) is 0 Å². The van der Waals surface area contributed by atoms with E-state index in [1.54, 1.807) is 6.92 Å². The van der Waals surface area contributed by atoms with Crippen LogP contribution < -0.4 is 5.32 Å². The van der Waals surface area contributed by atoms with Crippen molar-refractivity contribution in [2.75, 3.05) is 11.9 Å². The molecule has 18 heavy (non-hydrogen) atoms. The second kappa shape index (κ2) is 4.44. The SMILES string of the molecule is Cc1nnc(NCC2(c3ccccc3)CCC2)o1. The second-order valence-electron chi connectivity index (χ2n) is 4.98. The van der Waals surface area contributed by atoms with Gasteiger partial charge in [0.25, 0.3) is 0 Å². The maximum atomic E-state index is 5.35. The first kappa shape index (κ1) is 11.3. The molecule has 0 unspecified atom stereocenters. The Hall–Kier alpha value is -1.84. The van der Waals surface area contributed by atoms with Gasteiger partial charge in [-0.25, -0.2) is 0 Å². The molecular formula is C14H17N3O. The van der Waals surface area contributed by atoms with Crippen molar-refractivity contribution in [3.8, 4) is 0 Å². The van der Waals surface area contributed by atoms with Crippen LogP contribution in [-0.4, -0.2) is 16.7 Å². The molecule has 0 spiro atoms. The highest BCUT2D eigenvalue weighted by atomic mass is 16.4. The third-order valence-corrected chi connectivity index (χ3v) is 3.80. The Labute approximate surface area is 106 Å². The first-order chi connectivity index (χ1) is 8.78. The summed E-state index contributed by atoms with van der Waals surface area (Å²) in [7, 11) is 0. The Balaban J connectivity index is 1.73. The molecule has 4 heteroatoms. The lowest BCUT2D eigenvalue weighted by Crippen LogP contribution is -2.40. The molecule has 1 saturated carbocycles. The quantitative estimate of drug-likeness (QED) is 0.897. The van der Waals surface area contributed by atoms with Gasteiger partial charge < -0.3 is 9.73 Å². The first-order valence-electron chi connectivity index (χ1n) is 6.38. The molecule has 1 aliphatic rings. The fraction of sp³-hybridized carbons (Fsp3) is 0.429. The van der Waals surface area contributed by atoms with Gasteiger partial charge >= 0.3 is 6.01 Å². The maximum absolute atomic E-state index is 5.35. The van der Waals surface area contributed by atoms with E-state index in [0.29, 0.717) is 11.9 Å². The van der Waals surface area contributed by atoms with Gasteiger partial charge in [0.2, 0.25) is 5.89 Å². The molecule has 94 valence electrons. The Morgan fingerprint density at radius 3 is 2.56 bits per heavy atom. The van der Waals surface area contributed by atoms with Crippen LogP contribution in [0.1, 0.15) is 30.7 Å². The minimum atomic E-state index is 0.240. The van der Waals surface area contributed by atoms with Gasteiger partial charge in [-0.15, -0.1) is 5.10 Å². The van der Waals surface area contributed by atoms with E-state index in [4.69, 9.17) is 4.42 Å². The van der Waals surface area contributed by atoms with Crippen LogP contribution in [0.2, 0.25) is 0 Å².